The van der Waals surface area contributed by atoms with Gasteiger partial charge in [0.05, 0.1) is 0 Å². The van der Waals surface area contributed by atoms with Crippen molar-refractivity contribution in [2.75, 3.05) is 7.05 Å². The molecule has 2 atom stereocenters. The fraction of sp³-hybridized carbons (Fsp3) is 0.500. The van der Waals surface area contributed by atoms with E-state index in [4.69, 9.17) is 0 Å². The lowest BCUT2D eigenvalue weighted by atomic mass is 9.92. The predicted octanol–water partition coefficient (Wildman–Crippen LogP) is 3.41. The van der Waals surface area contributed by atoms with Crippen LogP contribution in [-0.2, 0) is 0 Å². The van der Waals surface area contributed by atoms with Crippen molar-refractivity contribution >= 4 is 0 Å². The second kappa shape index (κ2) is 5.34. The van der Waals surface area contributed by atoms with Gasteiger partial charge in [-0.1, -0.05) is 26.3 Å². The summed E-state index contributed by atoms with van der Waals surface area (Å²) >= 11 is 0. The second-order valence-corrected chi connectivity index (χ2v) is 3.92. The van der Waals surface area contributed by atoms with Crippen molar-refractivity contribution in [3.05, 3.63) is 35.1 Å². The molecule has 0 aromatic heterocycles. The first-order valence-electron chi connectivity index (χ1n) is 5.33. The lowest BCUT2D eigenvalue weighted by Gasteiger charge is -2.23. The van der Waals surface area contributed by atoms with Gasteiger partial charge < -0.3 is 5.32 Å². The van der Waals surface area contributed by atoms with E-state index in [1.54, 1.807) is 7.05 Å². The highest BCUT2D eigenvalue weighted by Crippen LogP contribution is 2.28. The SMILES string of the molecule is CCC(C)C(NC)c1ccc(F)c(F)c1F. The Kier molecular flexibility index (Phi) is 4.35. The third-order valence-corrected chi connectivity index (χ3v) is 2.92. The number of hydrogen-bond donors (Lipinski definition) is 1. The van der Waals surface area contributed by atoms with Crippen LogP contribution in [0.1, 0.15) is 31.9 Å². The molecule has 0 aliphatic heterocycles. The lowest BCUT2D eigenvalue weighted by Crippen LogP contribution is -2.24. The van der Waals surface area contributed by atoms with Crippen LogP contribution in [0.15, 0.2) is 12.1 Å². The van der Waals surface area contributed by atoms with Gasteiger partial charge in [-0.15, -0.1) is 0 Å². The summed E-state index contributed by atoms with van der Waals surface area (Å²) in [6, 6.07) is 1.95. The normalized spacial score (nSPS) is 14.9. The summed E-state index contributed by atoms with van der Waals surface area (Å²) in [6.45, 7) is 3.90. The maximum absolute atomic E-state index is 13.5. The van der Waals surface area contributed by atoms with Crippen molar-refractivity contribution in [3.8, 4) is 0 Å². The molecular weight excluding hydrogens is 215 g/mol. The van der Waals surface area contributed by atoms with Gasteiger partial charge in [0.1, 0.15) is 0 Å². The lowest BCUT2D eigenvalue weighted by molar-refractivity contribution is 0.371. The zero-order valence-electron chi connectivity index (χ0n) is 9.65. The summed E-state index contributed by atoms with van der Waals surface area (Å²) in [5.41, 5.74) is 0.177. The quantitative estimate of drug-likeness (QED) is 0.783. The molecular formula is C12H16F3N. The minimum Gasteiger partial charge on any atom is -0.313 e. The van der Waals surface area contributed by atoms with Crippen molar-refractivity contribution in [2.45, 2.75) is 26.3 Å². The number of halogens is 3. The number of rotatable bonds is 4. The molecule has 90 valence electrons. The molecule has 0 fully saturated rings. The number of nitrogens with one attached hydrogen (secondary N) is 1. The van der Waals surface area contributed by atoms with E-state index < -0.39 is 17.5 Å². The smallest absolute Gasteiger partial charge is 0.194 e. The Bertz CT molecular complexity index is 366. The van der Waals surface area contributed by atoms with Crippen LogP contribution in [-0.4, -0.2) is 7.05 Å². The summed E-state index contributed by atoms with van der Waals surface area (Å²) < 4.78 is 39.4. The minimum atomic E-state index is -1.40. The Morgan fingerprint density at radius 3 is 2.31 bits per heavy atom. The van der Waals surface area contributed by atoms with Crippen molar-refractivity contribution in [2.24, 2.45) is 5.92 Å². The molecule has 1 aromatic carbocycles. The molecule has 0 aliphatic rings. The highest BCUT2D eigenvalue weighted by molar-refractivity contribution is 5.24. The van der Waals surface area contributed by atoms with Gasteiger partial charge in [0.2, 0.25) is 0 Å². The van der Waals surface area contributed by atoms with E-state index in [-0.39, 0.29) is 17.5 Å². The van der Waals surface area contributed by atoms with Crippen molar-refractivity contribution in [1.29, 1.82) is 0 Å². The maximum Gasteiger partial charge on any atom is 0.194 e. The van der Waals surface area contributed by atoms with Gasteiger partial charge in [-0.25, -0.2) is 13.2 Å². The van der Waals surface area contributed by atoms with E-state index in [9.17, 15) is 13.2 Å². The zero-order valence-corrected chi connectivity index (χ0v) is 9.65. The Labute approximate surface area is 93.7 Å². The third kappa shape index (κ3) is 2.38. The van der Waals surface area contributed by atoms with E-state index in [2.05, 4.69) is 5.32 Å². The van der Waals surface area contributed by atoms with E-state index in [1.165, 1.54) is 6.07 Å². The molecule has 0 saturated heterocycles. The second-order valence-electron chi connectivity index (χ2n) is 3.92. The monoisotopic (exact) mass is 231 g/mol. The van der Waals surface area contributed by atoms with Crippen LogP contribution in [0.3, 0.4) is 0 Å². The van der Waals surface area contributed by atoms with Gasteiger partial charge in [-0.05, 0) is 19.0 Å². The first-order valence-corrected chi connectivity index (χ1v) is 5.33. The van der Waals surface area contributed by atoms with Crippen LogP contribution in [0, 0.1) is 23.4 Å². The van der Waals surface area contributed by atoms with Crippen LogP contribution in [0.2, 0.25) is 0 Å². The minimum absolute atomic E-state index is 0.143. The van der Waals surface area contributed by atoms with E-state index >= 15 is 0 Å². The summed E-state index contributed by atoms with van der Waals surface area (Å²) in [5.74, 6) is -3.51. The fourth-order valence-electron chi connectivity index (χ4n) is 1.76. The van der Waals surface area contributed by atoms with Crippen molar-refractivity contribution in [3.63, 3.8) is 0 Å². The molecule has 1 nitrogen and oxygen atoms in total. The fourth-order valence-corrected chi connectivity index (χ4v) is 1.76. The summed E-state index contributed by atoms with van der Waals surface area (Å²) in [6.07, 6.45) is 0.823. The Hall–Kier alpha value is -1.03. The Balaban J connectivity index is 3.16. The van der Waals surface area contributed by atoms with Crippen molar-refractivity contribution < 1.29 is 13.2 Å². The molecule has 4 heteroatoms. The van der Waals surface area contributed by atoms with Gasteiger partial charge in [0.25, 0.3) is 0 Å². The average molecular weight is 231 g/mol. The van der Waals surface area contributed by atoms with Gasteiger partial charge in [0, 0.05) is 11.6 Å². The van der Waals surface area contributed by atoms with E-state index in [0.29, 0.717) is 0 Å². The molecule has 0 radical (unpaired) electrons. The molecule has 1 N–H and O–H groups in total. The molecule has 0 spiro atoms. The molecule has 1 rings (SSSR count). The van der Waals surface area contributed by atoms with Crippen LogP contribution < -0.4 is 5.32 Å². The molecule has 0 amide bonds. The van der Waals surface area contributed by atoms with Gasteiger partial charge in [-0.2, -0.15) is 0 Å². The third-order valence-electron chi connectivity index (χ3n) is 2.92. The van der Waals surface area contributed by atoms with Gasteiger partial charge >= 0.3 is 0 Å². The maximum atomic E-state index is 13.5. The van der Waals surface area contributed by atoms with Crippen LogP contribution in [0.5, 0.6) is 0 Å². The summed E-state index contributed by atoms with van der Waals surface area (Å²) in [7, 11) is 1.68. The van der Waals surface area contributed by atoms with Crippen LogP contribution >= 0.6 is 0 Å². The first kappa shape index (κ1) is 13.0. The Morgan fingerprint density at radius 1 is 1.19 bits per heavy atom. The highest BCUT2D eigenvalue weighted by atomic mass is 19.2. The molecule has 2 unspecified atom stereocenters. The van der Waals surface area contributed by atoms with Crippen molar-refractivity contribution in [1.82, 2.24) is 5.32 Å². The Morgan fingerprint density at radius 2 is 1.81 bits per heavy atom. The first-order chi connectivity index (χ1) is 7.52. The van der Waals surface area contributed by atoms with Crippen LogP contribution in [0.4, 0.5) is 13.2 Å². The summed E-state index contributed by atoms with van der Waals surface area (Å²) in [5, 5.41) is 2.93. The van der Waals surface area contributed by atoms with Gasteiger partial charge in [0.15, 0.2) is 17.5 Å². The molecule has 16 heavy (non-hydrogen) atoms. The number of benzene rings is 1. The molecule has 0 saturated carbocycles. The topological polar surface area (TPSA) is 12.0 Å². The molecule has 0 aliphatic carbocycles. The molecule has 1 aromatic rings. The van der Waals surface area contributed by atoms with Gasteiger partial charge in [-0.3, -0.25) is 0 Å². The van der Waals surface area contributed by atoms with E-state index in [1.807, 2.05) is 13.8 Å². The predicted molar refractivity (Wildman–Crippen MR) is 57.6 cm³/mol. The highest BCUT2D eigenvalue weighted by Gasteiger charge is 2.23. The molecule has 0 bridgehead atoms. The zero-order chi connectivity index (χ0) is 12.3. The largest absolute Gasteiger partial charge is 0.313 e. The van der Waals surface area contributed by atoms with E-state index in [0.717, 1.165) is 12.5 Å². The van der Waals surface area contributed by atoms with Crippen LogP contribution in [0.25, 0.3) is 0 Å². The standard InChI is InChI=1S/C12H16F3N/c1-4-7(2)12(16-3)8-5-6-9(13)11(15)10(8)14/h5-7,12,16H,4H2,1-3H3. The average Bonchev–Trinajstić information content (AvgIpc) is 2.29. The number of hydrogen-bond acceptors (Lipinski definition) is 1. The molecule has 0 heterocycles. The summed E-state index contributed by atoms with van der Waals surface area (Å²) in [4.78, 5) is 0.